The minimum absolute atomic E-state index is 0.0509. The number of nitrogens with one attached hydrogen (secondary N) is 2. The molecule has 110 valence electrons. The Morgan fingerprint density at radius 2 is 2.00 bits per heavy atom. The lowest BCUT2D eigenvalue weighted by Crippen LogP contribution is -2.24. The van der Waals surface area contributed by atoms with Crippen LogP contribution in [0.15, 0.2) is 18.2 Å². The van der Waals surface area contributed by atoms with Gasteiger partial charge < -0.3 is 21.3 Å². The highest BCUT2D eigenvalue weighted by Crippen LogP contribution is 2.19. The highest BCUT2D eigenvalue weighted by Gasteiger charge is 2.08. The number of carbonyl (C=O) groups excluding carboxylic acids is 2. The minimum Gasteiger partial charge on any atom is -0.397 e. The Hall–Kier alpha value is -2.24. The van der Waals surface area contributed by atoms with Gasteiger partial charge in [-0.05, 0) is 25.1 Å². The molecule has 6 heteroatoms. The SMILES string of the molecule is CCNC(=O)c1ccc(NCCC(=O)N(C)C)c(N)c1. The number of benzene rings is 1. The van der Waals surface area contributed by atoms with Crippen molar-refractivity contribution in [3.8, 4) is 0 Å². The van der Waals surface area contributed by atoms with E-state index in [-0.39, 0.29) is 11.8 Å². The van der Waals surface area contributed by atoms with Gasteiger partial charge in [0.1, 0.15) is 0 Å². The first kappa shape index (κ1) is 15.8. The highest BCUT2D eigenvalue weighted by molar-refractivity contribution is 5.96. The molecule has 0 saturated heterocycles. The van der Waals surface area contributed by atoms with Gasteiger partial charge in [-0.3, -0.25) is 9.59 Å². The third-order valence-corrected chi connectivity index (χ3v) is 2.80. The summed E-state index contributed by atoms with van der Waals surface area (Å²) in [6.45, 7) is 2.94. The molecule has 0 atom stereocenters. The summed E-state index contributed by atoms with van der Waals surface area (Å²) in [6, 6.07) is 5.08. The van der Waals surface area contributed by atoms with E-state index in [4.69, 9.17) is 5.73 Å². The van der Waals surface area contributed by atoms with Crippen molar-refractivity contribution in [1.82, 2.24) is 10.2 Å². The van der Waals surface area contributed by atoms with Crippen LogP contribution in [0.4, 0.5) is 11.4 Å². The molecule has 20 heavy (non-hydrogen) atoms. The van der Waals surface area contributed by atoms with E-state index in [1.54, 1.807) is 37.2 Å². The smallest absolute Gasteiger partial charge is 0.251 e. The van der Waals surface area contributed by atoms with Crippen LogP contribution in [-0.2, 0) is 4.79 Å². The summed E-state index contributed by atoms with van der Waals surface area (Å²) >= 11 is 0. The minimum atomic E-state index is -0.145. The summed E-state index contributed by atoms with van der Waals surface area (Å²) in [7, 11) is 3.44. The topological polar surface area (TPSA) is 87.5 Å². The Balaban J connectivity index is 2.60. The van der Waals surface area contributed by atoms with E-state index >= 15 is 0 Å². The molecule has 0 aliphatic carbocycles. The van der Waals surface area contributed by atoms with Crippen molar-refractivity contribution >= 4 is 23.2 Å². The first-order chi connectivity index (χ1) is 9.45. The lowest BCUT2D eigenvalue weighted by molar-refractivity contribution is -0.128. The zero-order valence-corrected chi connectivity index (χ0v) is 12.2. The molecule has 1 aromatic carbocycles. The fraction of sp³-hybridized carbons (Fsp3) is 0.429. The van der Waals surface area contributed by atoms with Gasteiger partial charge in [-0.15, -0.1) is 0 Å². The Kier molecular flexibility index (Phi) is 5.83. The molecule has 6 nitrogen and oxygen atoms in total. The molecule has 0 bridgehead atoms. The maximum absolute atomic E-state index is 11.6. The number of hydrogen-bond donors (Lipinski definition) is 3. The van der Waals surface area contributed by atoms with Gasteiger partial charge >= 0.3 is 0 Å². The largest absolute Gasteiger partial charge is 0.397 e. The van der Waals surface area contributed by atoms with Gasteiger partial charge in [0.2, 0.25) is 5.91 Å². The summed E-state index contributed by atoms with van der Waals surface area (Å²) in [4.78, 5) is 24.6. The van der Waals surface area contributed by atoms with Gasteiger partial charge in [0.05, 0.1) is 11.4 Å². The summed E-state index contributed by atoms with van der Waals surface area (Å²) in [5.74, 6) is -0.0939. The maximum Gasteiger partial charge on any atom is 0.251 e. The Bertz CT molecular complexity index is 486. The van der Waals surface area contributed by atoms with Crippen LogP contribution in [0.1, 0.15) is 23.7 Å². The third kappa shape index (κ3) is 4.46. The van der Waals surface area contributed by atoms with Crippen LogP contribution in [-0.4, -0.2) is 43.9 Å². The van der Waals surface area contributed by atoms with Crippen LogP contribution in [0, 0.1) is 0 Å². The Labute approximate surface area is 119 Å². The molecule has 1 aromatic rings. The van der Waals surface area contributed by atoms with E-state index in [0.29, 0.717) is 30.8 Å². The zero-order chi connectivity index (χ0) is 15.1. The van der Waals surface area contributed by atoms with E-state index < -0.39 is 0 Å². The molecule has 0 spiro atoms. The fourth-order valence-electron chi connectivity index (χ4n) is 1.66. The second kappa shape index (κ2) is 7.37. The number of rotatable bonds is 6. The lowest BCUT2D eigenvalue weighted by Gasteiger charge is -2.13. The standard InChI is InChI=1S/C14H22N4O2/c1-4-16-14(20)10-5-6-12(11(15)9-10)17-8-7-13(19)18(2)3/h5-6,9,17H,4,7-8,15H2,1-3H3,(H,16,20). The second-order valence-electron chi connectivity index (χ2n) is 4.63. The highest BCUT2D eigenvalue weighted by atomic mass is 16.2. The molecule has 2 amide bonds. The second-order valence-corrected chi connectivity index (χ2v) is 4.63. The van der Waals surface area contributed by atoms with Crippen molar-refractivity contribution in [2.45, 2.75) is 13.3 Å². The molecular weight excluding hydrogens is 256 g/mol. The molecule has 0 unspecified atom stereocenters. The summed E-state index contributed by atoms with van der Waals surface area (Å²) in [5, 5.41) is 5.81. The first-order valence-electron chi connectivity index (χ1n) is 6.57. The van der Waals surface area contributed by atoms with Crippen molar-refractivity contribution in [2.24, 2.45) is 0 Å². The number of nitrogen functional groups attached to an aromatic ring is 1. The summed E-state index contributed by atoms with van der Waals surface area (Å²) in [6.07, 6.45) is 0.393. The zero-order valence-electron chi connectivity index (χ0n) is 12.2. The molecule has 0 aliphatic rings. The molecule has 4 N–H and O–H groups in total. The van der Waals surface area contributed by atoms with Crippen molar-refractivity contribution in [1.29, 1.82) is 0 Å². The van der Waals surface area contributed by atoms with E-state index in [2.05, 4.69) is 10.6 Å². The van der Waals surface area contributed by atoms with Crippen molar-refractivity contribution in [2.75, 3.05) is 38.2 Å². The fourth-order valence-corrected chi connectivity index (χ4v) is 1.66. The predicted molar refractivity (Wildman–Crippen MR) is 80.7 cm³/mol. The molecular formula is C14H22N4O2. The Morgan fingerprint density at radius 1 is 1.30 bits per heavy atom. The third-order valence-electron chi connectivity index (χ3n) is 2.80. The predicted octanol–water partition coefficient (Wildman–Crippen LogP) is 0.909. The number of amides is 2. The molecule has 0 aliphatic heterocycles. The lowest BCUT2D eigenvalue weighted by atomic mass is 10.1. The van der Waals surface area contributed by atoms with Crippen LogP contribution in [0.25, 0.3) is 0 Å². The van der Waals surface area contributed by atoms with E-state index in [1.165, 1.54) is 0 Å². The average molecular weight is 278 g/mol. The van der Waals surface area contributed by atoms with Crippen LogP contribution < -0.4 is 16.4 Å². The van der Waals surface area contributed by atoms with Crippen LogP contribution in [0.5, 0.6) is 0 Å². The van der Waals surface area contributed by atoms with Crippen molar-refractivity contribution in [3.05, 3.63) is 23.8 Å². The summed E-state index contributed by atoms with van der Waals surface area (Å²) < 4.78 is 0. The van der Waals surface area contributed by atoms with Crippen LogP contribution in [0.3, 0.4) is 0 Å². The summed E-state index contributed by atoms with van der Waals surface area (Å²) in [5.41, 5.74) is 7.64. The van der Waals surface area contributed by atoms with Crippen molar-refractivity contribution < 1.29 is 9.59 Å². The number of hydrogen-bond acceptors (Lipinski definition) is 4. The number of anilines is 2. The quantitative estimate of drug-likeness (QED) is 0.675. The number of nitrogens with zero attached hydrogens (tertiary/aromatic N) is 1. The monoisotopic (exact) mass is 278 g/mol. The van der Waals surface area contributed by atoms with E-state index in [1.807, 2.05) is 6.92 Å². The molecule has 0 aromatic heterocycles. The van der Waals surface area contributed by atoms with Crippen LogP contribution >= 0.6 is 0 Å². The van der Waals surface area contributed by atoms with Crippen molar-refractivity contribution in [3.63, 3.8) is 0 Å². The molecule has 0 saturated carbocycles. The Morgan fingerprint density at radius 3 is 2.55 bits per heavy atom. The van der Waals surface area contributed by atoms with Gasteiger partial charge in [-0.25, -0.2) is 0 Å². The normalized spacial score (nSPS) is 9.95. The van der Waals surface area contributed by atoms with Gasteiger partial charge in [0, 0.05) is 39.2 Å². The maximum atomic E-state index is 11.6. The molecule has 0 heterocycles. The van der Waals surface area contributed by atoms with Gasteiger partial charge in [0.15, 0.2) is 0 Å². The van der Waals surface area contributed by atoms with Gasteiger partial charge in [0.25, 0.3) is 5.91 Å². The first-order valence-corrected chi connectivity index (χ1v) is 6.57. The van der Waals surface area contributed by atoms with E-state index in [0.717, 1.165) is 5.69 Å². The molecule has 1 rings (SSSR count). The number of carbonyl (C=O) groups is 2. The number of nitrogens with two attached hydrogens (primary N) is 1. The average Bonchev–Trinajstić information content (AvgIpc) is 2.40. The molecule has 0 fully saturated rings. The molecule has 0 radical (unpaired) electrons. The van der Waals surface area contributed by atoms with Crippen LogP contribution in [0.2, 0.25) is 0 Å². The van der Waals surface area contributed by atoms with Gasteiger partial charge in [-0.1, -0.05) is 0 Å². The van der Waals surface area contributed by atoms with E-state index in [9.17, 15) is 9.59 Å². The van der Waals surface area contributed by atoms with Gasteiger partial charge in [-0.2, -0.15) is 0 Å².